The number of hydrogen-bond donors (Lipinski definition) is 0. The Bertz CT molecular complexity index is 474. The Hall–Kier alpha value is -0.670. The molecule has 1 aliphatic heterocycles. The summed E-state index contributed by atoms with van der Waals surface area (Å²) in [4.78, 5) is 4.91. The second-order valence-electron chi connectivity index (χ2n) is 5.36. The minimum atomic E-state index is 0.559. The Labute approximate surface area is 130 Å². The van der Waals surface area contributed by atoms with Crippen LogP contribution < -0.4 is 4.74 Å². The number of fused-ring (bicyclic) bond motifs is 1. The molecule has 2 unspecified atom stereocenters. The van der Waals surface area contributed by atoms with E-state index in [0.717, 1.165) is 17.4 Å². The van der Waals surface area contributed by atoms with Gasteiger partial charge in [-0.2, -0.15) is 0 Å². The highest BCUT2D eigenvalue weighted by Gasteiger charge is 2.32. The molecule has 108 valence electrons. The SMILES string of the molecule is ClCCCOc1ccc(C2=NC3CCCCC3S2)cc1. The van der Waals surface area contributed by atoms with E-state index >= 15 is 0 Å². The summed E-state index contributed by atoms with van der Waals surface area (Å²) in [5.41, 5.74) is 1.23. The van der Waals surface area contributed by atoms with Crippen LogP contribution in [0.4, 0.5) is 0 Å². The molecule has 2 aliphatic rings. The lowest BCUT2D eigenvalue weighted by atomic mass is 9.95. The summed E-state index contributed by atoms with van der Waals surface area (Å²) < 4.78 is 5.63. The zero-order chi connectivity index (χ0) is 13.8. The Morgan fingerprint density at radius 1 is 1.20 bits per heavy atom. The van der Waals surface area contributed by atoms with Crippen LogP contribution in [0.3, 0.4) is 0 Å². The van der Waals surface area contributed by atoms with Gasteiger partial charge in [0.15, 0.2) is 0 Å². The van der Waals surface area contributed by atoms with Crippen LogP contribution in [0.1, 0.15) is 37.7 Å². The molecule has 0 N–H and O–H groups in total. The third-order valence-electron chi connectivity index (χ3n) is 3.86. The molecular formula is C16H20ClNOS. The molecule has 0 bridgehead atoms. The molecule has 4 heteroatoms. The third-order valence-corrected chi connectivity index (χ3v) is 5.55. The Kier molecular flexibility index (Phi) is 4.90. The first-order valence-corrected chi connectivity index (χ1v) is 8.82. The van der Waals surface area contributed by atoms with Crippen molar-refractivity contribution >= 4 is 28.4 Å². The van der Waals surface area contributed by atoms with E-state index < -0.39 is 0 Å². The Balaban J connectivity index is 1.63. The zero-order valence-corrected chi connectivity index (χ0v) is 13.1. The number of halogens is 1. The van der Waals surface area contributed by atoms with Gasteiger partial charge >= 0.3 is 0 Å². The number of ether oxygens (including phenoxy) is 1. The van der Waals surface area contributed by atoms with E-state index in [9.17, 15) is 0 Å². The molecule has 2 nitrogen and oxygen atoms in total. The summed E-state index contributed by atoms with van der Waals surface area (Å²) >= 11 is 7.61. The van der Waals surface area contributed by atoms with Crippen LogP contribution in [-0.4, -0.2) is 28.8 Å². The number of hydrogen-bond acceptors (Lipinski definition) is 3. The molecule has 0 saturated heterocycles. The second-order valence-corrected chi connectivity index (χ2v) is 6.96. The Morgan fingerprint density at radius 2 is 2.00 bits per heavy atom. The Morgan fingerprint density at radius 3 is 2.75 bits per heavy atom. The van der Waals surface area contributed by atoms with Crippen molar-refractivity contribution in [2.24, 2.45) is 4.99 Å². The molecule has 2 atom stereocenters. The first kappa shape index (κ1) is 14.3. The first-order chi connectivity index (χ1) is 9.86. The van der Waals surface area contributed by atoms with Gasteiger partial charge in [-0.15, -0.1) is 23.4 Å². The number of rotatable bonds is 5. The summed E-state index contributed by atoms with van der Waals surface area (Å²) in [5.74, 6) is 1.56. The van der Waals surface area contributed by atoms with Crippen LogP contribution in [0, 0.1) is 0 Å². The van der Waals surface area contributed by atoms with Crippen molar-refractivity contribution in [3.05, 3.63) is 29.8 Å². The van der Waals surface area contributed by atoms with Gasteiger partial charge in [-0.1, -0.05) is 12.8 Å². The average molecular weight is 310 g/mol. The maximum Gasteiger partial charge on any atom is 0.119 e. The smallest absolute Gasteiger partial charge is 0.119 e. The van der Waals surface area contributed by atoms with Gasteiger partial charge in [0, 0.05) is 16.7 Å². The van der Waals surface area contributed by atoms with E-state index in [0.29, 0.717) is 18.5 Å². The normalized spacial score (nSPS) is 25.1. The fourth-order valence-electron chi connectivity index (χ4n) is 2.77. The molecule has 0 spiro atoms. The van der Waals surface area contributed by atoms with Crippen molar-refractivity contribution in [3.8, 4) is 5.75 Å². The van der Waals surface area contributed by atoms with Crippen LogP contribution in [0.15, 0.2) is 29.3 Å². The third kappa shape index (κ3) is 3.32. The standard InChI is InChI=1S/C16H20ClNOS/c17-10-3-11-19-13-8-6-12(7-9-13)16-18-14-4-1-2-5-15(14)20-16/h6-9,14-15H,1-5,10-11H2. The molecule has 1 saturated carbocycles. The van der Waals surface area contributed by atoms with Gasteiger partial charge in [-0.05, 0) is 43.5 Å². The van der Waals surface area contributed by atoms with Crippen LogP contribution in [0.25, 0.3) is 0 Å². The molecule has 0 radical (unpaired) electrons. The lowest BCUT2D eigenvalue weighted by molar-refractivity contribution is 0.318. The molecule has 1 fully saturated rings. The van der Waals surface area contributed by atoms with Crippen molar-refractivity contribution < 1.29 is 4.74 Å². The topological polar surface area (TPSA) is 21.6 Å². The van der Waals surface area contributed by atoms with Crippen molar-refractivity contribution in [3.63, 3.8) is 0 Å². The molecular weight excluding hydrogens is 290 g/mol. The van der Waals surface area contributed by atoms with Crippen molar-refractivity contribution in [1.29, 1.82) is 0 Å². The van der Waals surface area contributed by atoms with Crippen LogP contribution >= 0.6 is 23.4 Å². The van der Waals surface area contributed by atoms with E-state index in [2.05, 4.69) is 12.1 Å². The van der Waals surface area contributed by atoms with Gasteiger partial charge in [-0.3, -0.25) is 4.99 Å². The van der Waals surface area contributed by atoms with Crippen LogP contribution in [0.2, 0.25) is 0 Å². The predicted octanol–water partition coefficient (Wildman–Crippen LogP) is 4.50. The maximum atomic E-state index is 5.64. The predicted molar refractivity (Wildman–Crippen MR) is 87.4 cm³/mol. The molecule has 20 heavy (non-hydrogen) atoms. The molecule has 1 aromatic rings. The summed E-state index contributed by atoms with van der Waals surface area (Å²) in [6.07, 6.45) is 6.17. The fourth-order valence-corrected chi connectivity index (χ4v) is 4.27. The van der Waals surface area contributed by atoms with E-state index in [1.54, 1.807) is 0 Å². The summed E-state index contributed by atoms with van der Waals surface area (Å²) in [7, 11) is 0. The van der Waals surface area contributed by atoms with Gasteiger partial charge in [0.2, 0.25) is 0 Å². The van der Waals surface area contributed by atoms with Gasteiger partial charge in [0.1, 0.15) is 5.75 Å². The summed E-state index contributed by atoms with van der Waals surface area (Å²) in [6.45, 7) is 0.683. The lowest BCUT2D eigenvalue weighted by Crippen LogP contribution is -2.21. The van der Waals surface area contributed by atoms with Crippen molar-refractivity contribution in [2.75, 3.05) is 12.5 Å². The monoisotopic (exact) mass is 309 g/mol. The number of aliphatic imine (C=N–C) groups is 1. The van der Waals surface area contributed by atoms with Crippen molar-refractivity contribution in [2.45, 2.75) is 43.4 Å². The molecule has 1 aliphatic carbocycles. The van der Waals surface area contributed by atoms with Gasteiger partial charge in [0.25, 0.3) is 0 Å². The lowest BCUT2D eigenvalue weighted by Gasteiger charge is -2.21. The maximum absolute atomic E-state index is 5.64. The largest absolute Gasteiger partial charge is 0.494 e. The van der Waals surface area contributed by atoms with Gasteiger partial charge < -0.3 is 4.74 Å². The van der Waals surface area contributed by atoms with Crippen LogP contribution in [0.5, 0.6) is 5.75 Å². The minimum Gasteiger partial charge on any atom is -0.494 e. The van der Waals surface area contributed by atoms with Gasteiger partial charge in [0.05, 0.1) is 17.7 Å². The van der Waals surface area contributed by atoms with E-state index in [-0.39, 0.29) is 0 Å². The highest BCUT2D eigenvalue weighted by Crippen LogP contribution is 2.39. The van der Waals surface area contributed by atoms with E-state index in [1.165, 1.54) is 36.3 Å². The average Bonchev–Trinajstić information content (AvgIpc) is 2.92. The molecule has 0 amide bonds. The highest BCUT2D eigenvalue weighted by molar-refractivity contribution is 8.15. The summed E-state index contributed by atoms with van der Waals surface area (Å²) in [5, 5.41) is 1.94. The second kappa shape index (κ2) is 6.86. The molecule has 1 heterocycles. The molecule has 3 rings (SSSR count). The molecule has 1 aromatic carbocycles. The van der Waals surface area contributed by atoms with Crippen LogP contribution in [-0.2, 0) is 0 Å². The molecule has 0 aromatic heterocycles. The van der Waals surface area contributed by atoms with E-state index in [1.807, 2.05) is 23.9 Å². The minimum absolute atomic E-state index is 0.559. The van der Waals surface area contributed by atoms with Crippen molar-refractivity contribution in [1.82, 2.24) is 0 Å². The number of benzene rings is 1. The number of alkyl halides is 1. The van der Waals surface area contributed by atoms with E-state index in [4.69, 9.17) is 21.3 Å². The number of nitrogens with zero attached hydrogens (tertiary/aromatic N) is 1. The first-order valence-electron chi connectivity index (χ1n) is 7.40. The highest BCUT2D eigenvalue weighted by atomic mass is 35.5. The fraction of sp³-hybridized carbons (Fsp3) is 0.562. The quantitative estimate of drug-likeness (QED) is 0.590. The van der Waals surface area contributed by atoms with Gasteiger partial charge in [-0.25, -0.2) is 0 Å². The summed E-state index contributed by atoms with van der Waals surface area (Å²) in [6, 6.07) is 8.88. The zero-order valence-electron chi connectivity index (χ0n) is 11.6. The number of thioether (sulfide) groups is 1.